The fourth-order valence-electron chi connectivity index (χ4n) is 3.59. The fourth-order valence-corrected chi connectivity index (χ4v) is 3.59. The molecule has 0 saturated heterocycles. The molecule has 0 bridgehead atoms. The normalized spacial score (nSPS) is 13.1. The molecule has 0 aromatic heterocycles. The van der Waals surface area contributed by atoms with Crippen LogP contribution in [0.2, 0.25) is 0 Å². The van der Waals surface area contributed by atoms with E-state index in [-0.39, 0.29) is 18.9 Å². The number of carbonyl (C=O) groups excluding carboxylic acids is 2. The second-order valence-electron chi connectivity index (χ2n) is 7.38. The van der Waals surface area contributed by atoms with E-state index in [1.165, 1.54) is 6.92 Å². The number of fused-ring (bicyclic) bond motifs is 3. The maximum absolute atomic E-state index is 13.3. The highest BCUT2D eigenvalue weighted by Gasteiger charge is 2.39. The average molecular weight is 456 g/mol. The van der Waals surface area contributed by atoms with E-state index >= 15 is 0 Å². The fraction of sp³-hybridized carbons (Fsp3) is 0.292. The van der Waals surface area contributed by atoms with Crippen molar-refractivity contribution in [1.29, 1.82) is 0 Å². The van der Waals surface area contributed by atoms with Gasteiger partial charge >= 0.3 is 18.0 Å². The van der Waals surface area contributed by atoms with Gasteiger partial charge in [0, 0.05) is 12.3 Å². The quantitative estimate of drug-likeness (QED) is 0.530. The van der Waals surface area contributed by atoms with Crippen molar-refractivity contribution in [3.05, 3.63) is 59.7 Å². The molecule has 2 aromatic carbocycles. The number of carboxylic acids is 1. The first-order chi connectivity index (χ1) is 15.7. The van der Waals surface area contributed by atoms with Gasteiger partial charge in [0.25, 0.3) is 0 Å². The molecule has 0 radical (unpaired) electrons. The molecule has 172 valence electrons. The minimum Gasteiger partial charge on any atom is -0.477 e. The molecule has 0 spiro atoms. The molecule has 2 aromatic rings. The lowest BCUT2D eigenvalue weighted by atomic mass is 9.98. The number of benzene rings is 2. The van der Waals surface area contributed by atoms with Crippen molar-refractivity contribution < 1.29 is 33.0 Å². The number of hydrogen-bond acceptors (Lipinski definition) is 4. The zero-order valence-electron chi connectivity index (χ0n) is 17.7. The van der Waals surface area contributed by atoms with Crippen LogP contribution in [0.25, 0.3) is 11.1 Å². The Hall–Kier alpha value is -3.93. The Labute approximate surface area is 189 Å². The van der Waals surface area contributed by atoms with Crippen LogP contribution in [-0.4, -0.2) is 48.2 Å². The maximum atomic E-state index is 13.3. The lowest BCUT2D eigenvalue weighted by Gasteiger charge is -2.19. The lowest BCUT2D eigenvalue weighted by molar-refractivity contribution is -0.164. The Morgan fingerprint density at radius 3 is 2.21 bits per heavy atom. The number of halogens is 2. The number of hydrogen-bond donors (Lipinski definition) is 3. The lowest BCUT2D eigenvalue weighted by Crippen LogP contribution is -2.50. The third-order valence-corrected chi connectivity index (χ3v) is 5.23. The van der Waals surface area contributed by atoms with Gasteiger partial charge in [-0.05, 0) is 29.2 Å². The molecule has 0 aliphatic heterocycles. The summed E-state index contributed by atoms with van der Waals surface area (Å²) in [5.41, 5.74) is 4.12. The highest BCUT2D eigenvalue weighted by Crippen LogP contribution is 2.44. The van der Waals surface area contributed by atoms with E-state index in [1.807, 2.05) is 53.8 Å². The zero-order valence-corrected chi connectivity index (χ0v) is 17.7. The third kappa shape index (κ3) is 5.47. The molecule has 0 fully saturated rings. The summed E-state index contributed by atoms with van der Waals surface area (Å²) in [5, 5.41) is 12.6. The topological polar surface area (TPSA) is 105 Å². The highest BCUT2D eigenvalue weighted by atomic mass is 19.3. The molecule has 7 nitrogen and oxygen atoms in total. The van der Waals surface area contributed by atoms with Gasteiger partial charge in [-0.25, -0.2) is 9.59 Å². The largest absolute Gasteiger partial charge is 0.477 e. The summed E-state index contributed by atoms with van der Waals surface area (Å²) in [6.45, 7) is 0.106. The van der Waals surface area contributed by atoms with Gasteiger partial charge in [0.05, 0.1) is 6.54 Å². The Bertz CT molecular complexity index is 1080. The number of ether oxygens (including phenoxy) is 1. The van der Waals surface area contributed by atoms with Crippen molar-refractivity contribution >= 4 is 18.0 Å². The average Bonchev–Trinajstić information content (AvgIpc) is 3.12. The minimum atomic E-state index is -4.14. The van der Waals surface area contributed by atoms with Crippen molar-refractivity contribution in [3.63, 3.8) is 0 Å². The molecule has 0 saturated carbocycles. The Morgan fingerprint density at radius 2 is 1.67 bits per heavy atom. The first kappa shape index (κ1) is 23.7. The second-order valence-corrected chi connectivity index (χ2v) is 7.38. The molecule has 1 unspecified atom stereocenters. The van der Waals surface area contributed by atoms with E-state index in [1.54, 1.807) is 0 Å². The van der Waals surface area contributed by atoms with Crippen LogP contribution in [0.4, 0.5) is 13.6 Å². The minimum absolute atomic E-state index is 0.00470. The maximum Gasteiger partial charge on any atom is 0.407 e. The Kier molecular flexibility index (Phi) is 7.28. The Balaban J connectivity index is 1.64. The first-order valence-corrected chi connectivity index (χ1v) is 10.1. The molecule has 0 heterocycles. The molecule has 1 aliphatic rings. The number of nitrogens with one attached hydrogen (secondary N) is 2. The van der Waals surface area contributed by atoms with Gasteiger partial charge in [-0.1, -0.05) is 48.5 Å². The second kappa shape index (κ2) is 10.1. The summed E-state index contributed by atoms with van der Waals surface area (Å²) >= 11 is 0. The van der Waals surface area contributed by atoms with Crippen molar-refractivity contribution in [2.45, 2.75) is 31.2 Å². The molecule has 1 atom stereocenters. The van der Waals surface area contributed by atoms with Gasteiger partial charge in [-0.15, -0.1) is 11.8 Å². The van der Waals surface area contributed by atoms with Gasteiger partial charge in [0.1, 0.15) is 12.6 Å². The monoisotopic (exact) mass is 456 g/mol. The number of alkyl carbamates (subject to hydrolysis) is 1. The van der Waals surface area contributed by atoms with E-state index in [2.05, 4.69) is 17.2 Å². The van der Waals surface area contributed by atoms with Crippen LogP contribution in [0.3, 0.4) is 0 Å². The third-order valence-electron chi connectivity index (χ3n) is 5.23. The standard InChI is InChI=1S/C24H22F2N2O5/c1-2-3-12-20(21(29)27-14-24(25,26)22(30)31)28-23(32)33-13-19-17-10-6-4-8-15(17)16-9-5-7-11-18(16)19/h4-11,19-20H,12-14H2,1H3,(H,27,29)(H,28,32)(H,30,31). The molecular weight excluding hydrogens is 434 g/mol. The van der Waals surface area contributed by atoms with Gasteiger partial charge in [-0.2, -0.15) is 8.78 Å². The van der Waals surface area contributed by atoms with Gasteiger partial charge in [-0.3, -0.25) is 4.79 Å². The van der Waals surface area contributed by atoms with Crippen molar-refractivity contribution in [3.8, 4) is 23.0 Å². The molecular formula is C24H22F2N2O5. The van der Waals surface area contributed by atoms with Crippen molar-refractivity contribution in [2.24, 2.45) is 0 Å². The van der Waals surface area contributed by atoms with Crippen LogP contribution in [0.15, 0.2) is 48.5 Å². The van der Waals surface area contributed by atoms with Crippen LogP contribution in [0.5, 0.6) is 0 Å². The van der Waals surface area contributed by atoms with Gasteiger partial charge in [0.15, 0.2) is 0 Å². The first-order valence-electron chi connectivity index (χ1n) is 10.1. The summed E-state index contributed by atoms with van der Waals surface area (Å²) in [5.74, 6) is -2.55. The van der Waals surface area contributed by atoms with Crippen molar-refractivity contribution in [1.82, 2.24) is 10.6 Å². The van der Waals surface area contributed by atoms with E-state index in [0.717, 1.165) is 22.3 Å². The van der Waals surface area contributed by atoms with Crippen molar-refractivity contribution in [2.75, 3.05) is 13.2 Å². The number of carbonyl (C=O) groups is 3. The summed E-state index contributed by atoms with van der Waals surface area (Å²) in [6.07, 6.45) is -1.08. The number of rotatable bonds is 8. The summed E-state index contributed by atoms with van der Waals surface area (Å²) in [4.78, 5) is 35.2. The van der Waals surface area contributed by atoms with E-state index in [9.17, 15) is 23.2 Å². The molecule has 2 amide bonds. The van der Waals surface area contributed by atoms with E-state index in [4.69, 9.17) is 9.84 Å². The van der Waals surface area contributed by atoms with E-state index in [0.29, 0.717) is 0 Å². The zero-order chi connectivity index (χ0) is 24.0. The molecule has 33 heavy (non-hydrogen) atoms. The molecule has 3 rings (SSSR count). The summed E-state index contributed by atoms with van der Waals surface area (Å²) in [7, 11) is 0. The molecule has 1 aliphatic carbocycles. The predicted molar refractivity (Wildman–Crippen MR) is 116 cm³/mol. The Morgan fingerprint density at radius 1 is 1.09 bits per heavy atom. The summed E-state index contributed by atoms with van der Waals surface area (Å²) in [6, 6.07) is 14.2. The SMILES string of the molecule is CC#CCC(NC(=O)OCC1c2ccccc2-c2ccccc21)C(=O)NCC(F)(F)C(=O)O. The number of carboxylic acid groups (broad SMARTS) is 1. The molecule has 3 N–H and O–H groups in total. The van der Waals surface area contributed by atoms with Crippen LogP contribution in [0, 0.1) is 11.8 Å². The number of amides is 2. The van der Waals surface area contributed by atoms with Gasteiger partial charge in [0.2, 0.25) is 5.91 Å². The van der Waals surface area contributed by atoms with Crippen LogP contribution >= 0.6 is 0 Å². The highest BCUT2D eigenvalue weighted by molar-refractivity contribution is 5.87. The van der Waals surface area contributed by atoms with E-state index < -0.39 is 36.5 Å². The smallest absolute Gasteiger partial charge is 0.407 e. The summed E-state index contributed by atoms with van der Waals surface area (Å²) < 4.78 is 31.9. The number of alkyl halides is 2. The van der Waals surface area contributed by atoms with Crippen LogP contribution < -0.4 is 10.6 Å². The number of aliphatic carboxylic acids is 1. The predicted octanol–water partition coefficient (Wildman–Crippen LogP) is 3.14. The van der Waals surface area contributed by atoms with Crippen LogP contribution in [0.1, 0.15) is 30.4 Å². The molecule has 9 heteroatoms. The van der Waals surface area contributed by atoms with Crippen LogP contribution in [-0.2, 0) is 14.3 Å². The van der Waals surface area contributed by atoms with Gasteiger partial charge < -0.3 is 20.5 Å².